The summed E-state index contributed by atoms with van der Waals surface area (Å²) in [6, 6.07) is -0.295. The minimum Gasteiger partial charge on any atom is -0.444 e. The molecule has 0 radical (unpaired) electrons. The molecule has 1 saturated carbocycles. The van der Waals surface area contributed by atoms with E-state index in [9.17, 15) is 9.59 Å². The van der Waals surface area contributed by atoms with Gasteiger partial charge in [0, 0.05) is 6.04 Å². The third-order valence-electron chi connectivity index (χ3n) is 3.06. The van der Waals surface area contributed by atoms with Gasteiger partial charge in [-0.15, -0.1) is 0 Å². The first-order valence-corrected chi connectivity index (χ1v) is 6.90. The molecule has 0 aromatic heterocycles. The van der Waals surface area contributed by atoms with Crippen LogP contribution in [0.1, 0.15) is 48.0 Å². The van der Waals surface area contributed by atoms with Gasteiger partial charge in [0.05, 0.1) is 0 Å². The Balaban J connectivity index is 2.52. The summed E-state index contributed by atoms with van der Waals surface area (Å²) >= 11 is 0. The van der Waals surface area contributed by atoms with Crippen molar-refractivity contribution in [1.29, 1.82) is 0 Å². The van der Waals surface area contributed by atoms with Crippen LogP contribution in [0.3, 0.4) is 0 Å². The van der Waals surface area contributed by atoms with E-state index >= 15 is 0 Å². The molecule has 1 fully saturated rings. The monoisotopic (exact) mass is 270 g/mol. The van der Waals surface area contributed by atoms with Gasteiger partial charge in [0.15, 0.2) is 0 Å². The van der Waals surface area contributed by atoms with Gasteiger partial charge in [0.2, 0.25) is 5.91 Å². The number of hydrogen-bond donors (Lipinski definition) is 2. The van der Waals surface area contributed by atoms with Crippen LogP contribution < -0.4 is 10.6 Å². The van der Waals surface area contributed by atoms with Crippen LogP contribution in [0.4, 0.5) is 4.79 Å². The summed E-state index contributed by atoms with van der Waals surface area (Å²) in [6.07, 6.45) is 0.466. The second-order valence-electron chi connectivity index (χ2n) is 6.70. The molecule has 19 heavy (non-hydrogen) atoms. The highest BCUT2D eigenvalue weighted by molar-refractivity contribution is 5.86. The van der Waals surface area contributed by atoms with Gasteiger partial charge in [-0.2, -0.15) is 0 Å². The van der Waals surface area contributed by atoms with Crippen LogP contribution in [0.5, 0.6) is 0 Å². The quantitative estimate of drug-likeness (QED) is 0.821. The van der Waals surface area contributed by atoms with Crippen molar-refractivity contribution in [2.45, 2.75) is 65.6 Å². The van der Waals surface area contributed by atoms with Gasteiger partial charge in [-0.1, -0.05) is 20.8 Å². The molecule has 5 heteroatoms. The molecule has 2 N–H and O–H groups in total. The van der Waals surface area contributed by atoms with Crippen LogP contribution in [0, 0.1) is 11.8 Å². The van der Waals surface area contributed by atoms with Crippen molar-refractivity contribution in [3.05, 3.63) is 0 Å². The second kappa shape index (κ2) is 5.80. The van der Waals surface area contributed by atoms with E-state index in [0.717, 1.165) is 6.42 Å². The fourth-order valence-electron chi connectivity index (χ4n) is 1.77. The Morgan fingerprint density at radius 3 is 2.16 bits per heavy atom. The summed E-state index contributed by atoms with van der Waals surface area (Å²) in [5.41, 5.74) is -0.562. The molecule has 0 heterocycles. The highest BCUT2D eigenvalue weighted by Crippen LogP contribution is 2.29. The van der Waals surface area contributed by atoms with Crippen LogP contribution in [0.2, 0.25) is 0 Å². The molecule has 3 unspecified atom stereocenters. The number of carbonyl (C=O) groups is 2. The largest absolute Gasteiger partial charge is 0.444 e. The van der Waals surface area contributed by atoms with E-state index in [1.165, 1.54) is 0 Å². The highest BCUT2D eigenvalue weighted by atomic mass is 16.6. The number of carbonyl (C=O) groups excluding carboxylic acids is 2. The van der Waals surface area contributed by atoms with Gasteiger partial charge < -0.3 is 15.4 Å². The topological polar surface area (TPSA) is 67.4 Å². The molecule has 3 atom stereocenters. The second-order valence-corrected chi connectivity index (χ2v) is 6.70. The minimum absolute atomic E-state index is 0.0153. The average Bonchev–Trinajstić information content (AvgIpc) is 2.87. The van der Waals surface area contributed by atoms with Crippen LogP contribution in [-0.4, -0.2) is 29.7 Å². The molecule has 0 saturated heterocycles. The standard InChI is InChI=1S/C14H26N2O3/c1-8(2)11(12(17)15-10-7-9(10)3)16-13(18)19-14(4,5)6/h8-11H,7H2,1-6H3,(H,15,17)(H,16,18). The third kappa shape index (κ3) is 5.49. The van der Waals surface area contributed by atoms with Crippen LogP contribution >= 0.6 is 0 Å². The first-order valence-electron chi connectivity index (χ1n) is 6.90. The van der Waals surface area contributed by atoms with Crippen molar-refractivity contribution in [3.8, 4) is 0 Å². The van der Waals surface area contributed by atoms with Crippen molar-refractivity contribution >= 4 is 12.0 Å². The molecular formula is C14H26N2O3. The Bertz CT molecular complexity index is 347. The van der Waals surface area contributed by atoms with E-state index in [2.05, 4.69) is 17.6 Å². The van der Waals surface area contributed by atoms with Gasteiger partial charge in [-0.05, 0) is 39.0 Å². The summed E-state index contributed by atoms with van der Waals surface area (Å²) in [5, 5.41) is 5.59. The summed E-state index contributed by atoms with van der Waals surface area (Å²) < 4.78 is 5.18. The number of rotatable bonds is 4. The number of nitrogens with one attached hydrogen (secondary N) is 2. The fraction of sp³-hybridized carbons (Fsp3) is 0.857. The number of alkyl carbamates (subject to hydrolysis) is 1. The lowest BCUT2D eigenvalue weighted by molar-refractivity contribution is -0.124. The zero-order valence-corrected chi connectivity index (χ0v) is 12.7. The van der Waals surface area contributed by atoms with Crippen molar-refractivity contribution in [2.75, 3.05) is 0 Å². The molecule has 1 aliphatic carbocycles. The number of hydrogen-bond acceptors (Lipinski definition) is 3. The van der Waals surface area contributed by atoms with Gasteiger partial charge in [-0.25, -0.2) is 4.79 Å². The lowest BCUT2D eigenvalue weighted by Gasteiger charge is -2.25. The maximum absolute atomic E-state index is 12.1. The van der Waals surface area contributed by atoms with Crippen molar-refractivity contribution < 1.29 is 14.3 Å². The lowest BCUT2D eigenvalue weighted by atomic mass is 10.0. The first-order chi connectivity index (χ1) is 8.60. The van der Waals surface area contributed by atoms with E-state index in [1.54, 1.807) is 20.8 Å². The minimum atomic E-state index is -0.562. The van der Waals surface area contributed by atoms with Crippen LogP contribution in [0.15, 0.2) is 0 Å². The van der Waals surface area contributed by atoms with Crippen molar-refractivity contribution in [1.82, 2.24) is 10.6 Å². The predicted octanol–water partition coefficient (Wildman–Crippen LogP) is 2.06. The lowest BCUT2D eigenvalue weighted by Crippen LogP contribution is -2.51. The van der Waals surface area contributed by atoms with E-state index in [0.29, 0.717) is 5.92 Å². The average molecular weight is 270 g/mol. The molecule has 2 amide bonds. The maximum Gasteiger partial charge on any atom is 0.408 e. The van der Waals surface area contributed by atoms with E-state index in [4.69, 9.17) is 4.74 Å². The molecule has 0 bridgehead atoms. The fourth-order valence-corrected chi connectivity index (χ4v) is 1.77. The Morgan fingerprint density at radius 2 is 1.79 bits per heavy atom. The zero-order chi connectivity index (χ0) is 14.8. The predicted molar refractivity (Wildman–Crippen MR) is 73.7 cm³/mol. The number of ether oxygens (including phenoxy) is 1. The van der Waals surface area contributed by atoms with E-state index in [1.807, 2.05) is 13.8 Å². The van der Waals surface area contributed by atoms with Gasteiger partial charge in [0.1, 0.15) is 11.6 Å². The molecule has 0 aromatic rings. The molecule has 5 nitrogen and oxygen atoms in total. The molecule has 1 aliphatic rings. The number of amides is 2. The summed E-state index contributed by atoms with van der Waals surface area (Å²) in [6.45, 7) is 11.3. The molecular weight excluding hydrogens is 244 g/mol. The smallest absolute Gasteiger partial charge is 0.408 e. The SMILES string of the molecule is CC(C)C(NC(=O)OC(C)(C)C)C(=O)NC1CC1C. The first kappa shape index (κ1) is 15.8. The Hall–Kier alpha value is -1.26. The summed E-state index contributed by atoms with van der Waals surface area (Å²) in [7, 11) is 0. The summed E-state index contributed by atoms with van der Waals surface area (Å²) in [4.78, 5) is 23.8. The Morgan fingerprint density at radius 1 is 1.26 bits per heavy atom. The van der Waals surface area contributed by atoms with Gasteiger partial charge >= 0.3 is 6.09 Å². The van der Waals surface area contributed by atoms with Gasteiger partial charge in [-0.3, -0.25) is 4.79 Å². The summed E-state index contributed by atoms with van der Waals surface area (Å²) in [5.74, 6) is 0.426. The van der Waals surface area contributed by atoms with Crippen LogP contribution in [0.25, 0.3) is 0 Å². The third-order valence-corrected chi connectivity index (χ3v) is 3.06. The maximum atomic E-state index is 12.1. The highest BCUT2D eigenvalue weighted by Gasteiger charge is 2.36. The zero-order valence-electron chi connectivity index (χ0n) is 12.7. The molecule has 110 valence electrons. The molecule has 1 rings (SSSR count). The molecule has 0 aliphatic heterocycles. The van der Waals surface area contributed by atoms with E-state index < -0.39 is 17.7 Å². The Kier molecular flexibility index (Phi) is 4.82. The van der Waals surface area contributed by atoms with Crippen molar-refractivity contribution in [2.24, 2.45) is 11.8 Å². The normalized spacial score (nSPS) is 23.7. The Labute approximate surface area is 115 Å². The van der Waals surface area contributed by atoms with Crippen LogP contribution in [-0.2, 0) is 9.53 Å². The van der Waals surface area contributed by atoms with Gasteiger partial charge in [0.25, 0.3) is 0 Å². The molecule has 0 aromatic carbocycles. The molecule has 0 spiro atoms. The van der Waals surface area contributed by atoms with E-state index in [-0.39, 0.29) is 17.9 Å². The van der Waals surface area contributed by atoms with Crippen molar-refractivity contribution in [3.63, 3.8) is 0 Å².